The fourth-order valence-corrected chi connectivity index (χ4v) is 1.26. The lowest BCUT2D eigenvalue weighted by Gasteiger charge is -2.23. The third-order valence-electron chi connectivity index (χ3n) is 1.86. The van der Waals surface area contributed by atoms with Gasteiger partial charge in [-0.05, 0) is 19.4 Å². The van der Waals surface area contributed by atoms with Crippen LogP contribution in [0.25, 0.3) is 0 Å². The highest BCUT2D eigenvalue weighted by Crippen LogP contribution is 2.17. The van der Waals surface area contributed by atoms with Crippen LogP contribution in [0, 0.1) is 0 Å². The zero-order chi connectivity index (χ0) is 9.03. The second-order valence-corrected chi connectivity index (χ2v) is 2.90. The third kappa shape index (κ3) is 3.92. The molecule has 5 heteroatoms. The molecule has 0 radical (unpaired) electrons. The molecule has 2 nitrogen and oxygen atoms in total. The molecule has 0 aromatic heterocycles. The van der Waals surface area contributed by atoms with Crippen molar-refractivity contribution in [3.63, 3.8) is 0 Å². The van der Waals surface area contributed by atoms with E-state index in [9.17, 15) is 13.2 Å². The highest BCUT2D eigenvalue weighted by molar-refractivity contribution is 4.71. The van der Waals surface area contributed by atoms with E-state index >= 15 is 0 Å². The third-order valence-corrected chi connectivity index (χ3v) is 1.86. The number of halogens is 3. The molecule has 0 spiro atoms. The van der Waals surface area contributed by atoms with Gasteiger partial charge < -0.3 is 5.32 Å². The molecule has 0 aromatic carbocycles. The molecule has 12 heavy (non-hydrogen) atoms. The minimum Gasteiger partial charge on any atom is -0.312 e. The molecule has 0 bridgehead atoms. The van der Waals surface area contributed by atoms with Gasteiger partial charge in [0.2, 0.25) is 0 Å². The maximum Gasteiger partial charge on any atom is 0.522 e. The first-order valence-corrected chi connectivity index (χ1v) is 4.02. The van der Waals surface area contributed by atoms with Crippen LogP contribution in [0.3, 0.4) is 0 Å². The minimum atomic E-state index is -4.49. The quantitative estimate of drug-likeness (QED) is 0.703. The number of piperidine rings is 1. The summed E-state index contributed by atoms with van der Waals surface area (Å²) >= 11 is 0. The van der Waals surface area contributed by atoms with Gasteiger partial charge in [0.1, 0.15) is 0 Å². The Labute approximate surface area is 69.1 Å². The maximum atomic E-state index is 11.6. The fraction of sp³-hybridized carbons (Fsp3) is 1.00. The number of hydrogen-bond donors (Lipinski definition) is 1. The lowest BCUT2D eigenvalue weighted by Crippen LogP contribution is -2.39. The molecule has 1 rings (SSSR count). The summed E-state index contributed by atoms with van der Waals surface area (Å²) in [5.41, 5.74) is 0. The monoisotopic (exact) mass is 183 g/mol. The molecule has 1 fully saturated rings. The lowest BCUT2D eigenvalue weighted by atomic mass is 10.1. The van der Waals surface area contributed by atoms with Crippen molar-refractivity contribution < 1.29 is 17.9 Å². The number of hydrogen-bond acceptors (Lipinski definition) is 2. The van der Waals surface area contributed by atoms with Crippen LogP contribution >= 0.6 is 0 Å². The van der Waals surface area contributed by atoms with Crippen molar-refractivity contribution in [2.45, 2.75) is 31.7 Å². The van der Waals surface area contributed by atoms with E-state index in [0.717, 1.165) is 25.8 Å². The molecule has 0 saturated carbocycles. The van der Waals surface area contributed by atoms with Crippen molar-refractivity contribution >= 4 is 0 Å². The van der Waals surface area contributed by atoms with Crippen LogP contribution in [0.2, 0.25) is 0 Å². The van der Waals surface area contributed by atoms with E-state index in [-0.39, 0.29) is 12.6 Å². The smallest absolute Gasteiger partial charge is 0.312 e. The zero-order valence-electron chi connectivity index (χ0n) is 6.66. The topological polar surface area (TPSA) is 21.3 Å². The highest BCUT2D eigenvalue weighted by Gasteiger charge is 2.30. The molecule has 1 aliphatic heterocycles. The Morgan fingerprint density at radius 2 is 2.08 bits per heavy atom. The van der Waals surface area contributed by atoms with Crippen LogP contribution < -0.4 is 5.32 Å². The van der Waals surface area contributed by atoms with Crippen molar-refractivity contribution in [1.29, 1.82) is 0 Å². The molecule has 0 aromatic rings. The van der Waals surface area contributed by atoms with Gasteiger partial charge in [-0.2, -0.15) is 0 Å². The molecule has 1 unspecified atom stereocenters. The van der Waals surface area contributed by atoms with E-state index in [0.29, 0.717) is 0 Å². The first kappa shape index (κ1) is 9.80. The summed E-state index contributed by atoms with van der Waals surface area (Å²) in [4.78, 5) is 0. The second kappa shape index (κ2) is 4.09. The van der Waals surface area contributed by atoms with Crippen molar-refractivity contribution in [3.8, 4) is 0 Å². The highest BCUT2D eigenvalue weighted by atomic mass is 19.4. The molecule has 1 aliphatic rings. The molecular formula is C7H12F3NO. The van der Waals surface area contributed by atoms with Crippen molar-refractivity contribution in [1.82, 2.24) is 5.32 Å². The van der Waals surface area contributed by atoms with E-state index < -0.39 is 6.36 Å². The molecular weight excluding hydrogens is 171 g/mol. The van der Waals surface area contributed by atoms with Gasteiger partial charge in [0.05, 0.1) is 6.61 Å². The first-order valence-electron chi connectivity index (χ1n) is 4.02. The van der Waals surface area contributed by atoms with Crippen LogP contribution in [0.4, 0.5) is 13.2 Å². The molecule has 1 atom stereocenters. The van der Waals surface area contributed by atoms with Crippen molar-refractivity contribution in [3.05, 3.63) is 0 Å². The van der Waals surface area contributed by atoms with Crippen LogP contribution in [-0.4, -0.2) is 25.6 Å². The number of ether oxygens (including phenoxy) is 1. The van der Waals surface area contributed by atoms with E-state index in [2.05, 4.69) is 10.1 Å². The molecule has 0 amide bonds. The Bertz CT molecular complexity index is 131. The van der Waals surface area contributed by atoms with Crippen molar-refractivity contribution in [2.24, 2.45) is 0 Å². The Hall–Kier alpha value is -0.290. The van der Waals surface area contributed by atoms with Gasteiger partial charge in [0.15, 0.2) is 0 Å². The Morgan fingerprint density at radius 3 is 2.58 bits per heavy atom. The summed E-state index contributed by atoms with van der Waals surface area (Å²) in [6.07, 6.45) is -1.68. The van der Waals surface area contributed by atoms with Crippen LogP contribution in [0.15, 0.2) is 0 Å². The summed E-state index contributed by atoms with van der Waals surface area (Å²) in [6, 6.07) is -0.125. The van der Waals surface area contributed by atoms with Gasteiger partial charge in [0, 0.05) is 6.04 Å². The lowest BCUT2D eigenvalue weighted by molar-refractivity contribution is -0.326. The van der Waals surface area contributed by atoms with Gasteiger partial charge >= 0.3 is 6.36 Å². The molecule has 1 N–H and O–H groups in total. The summed E-state index contributed by atoms with van der Waals surface area (Å²) < 4.78 is 38.4. The Balaban J connectivity index is 2.13. The van der Waals surface area contributed by atoms with E-state index in [1.165, 1.54) is 0 Å². The second-order valence-electron chi connectivity index (χ2n) is 2.90. The van der Waals surface area contributed by atoms with Gasteiger partial charge in [-0.15, -0.1) is 13.2 Å². The molecule has 1 saturated heterocycles. The molecule has 72 valence electrons. The van der Waals surface area contributed by atoms with E-state index in [4.69, 9.17) is 0 Å². The van der Waals surface area contributed by atoms with Gasteiger partial charge in [-0.1, -0.05) is 6.42 Å². The maximum absolute atomic E-state index is 11.6. The SMILES string of the molecule is FC(F)(F)OCC1CCCCN1. The predicted octanol–water partition coefficient (Wildman–Crippen LogP) is 1.66. The predicted molar refractivity (Wildman–Crippen MR) is 37.6 cm³/mol. The fourth-order valence-electron chi connectivity index (χ4n) is 1.26. The minimum absolute atomic E-state index is 0.125. The standard InChI is InChI=1S/C7H12F3NO/c8-7(9,10)12-5-6-3-1-2-4-11-6/h6,11H,1-5H2. The van der Waals surface area contributed by atoms with E-state index in [1.54, 1.807) is 0 Å². The summed E-state index contributed by atoms with van der Waals surface area (Å²) in [5.74, 6) is 0. The zero-order valence-corrected chi connectivity index (χ0v) is 6.66. The average Bonchev–Trinajstić information content (AvgIpc) is 2.02. The van der Waals surface area contributed by atoms with Crippen LogP contribution in [0.1, 0.15) is 19.3 Å². The molecule has 1 heterocycles. The summed E-state index contributed by atoms with van der Waals surface area (Å²) in [5, 5.41) is 2.97. The van der Waals surface area contributed by atoms with Gasteiger partial charge in [-0.3, -0.25) is 4.74 Å². The number of rotatable bonds is 2. The summed E-state index contributed by atoms with van der Waals surface area (Å²) in [7, 11) is 0. The van der Waals surface area contributed by atoms with Crippen LogP contribution in [0.5, 0.6) is 0 Å². The van der Waals surface area contributed by atoms with Gasteiger partial charge in [-0.25, -0.2) is 0 Å². The van der Waals surface area contributed by atoms with Crippen LogP contribution in [-0.2, 0) is 4.74 Å². The number of alkyl halides is 3. The Morgan fingerprint density at radius 1 is 1.33 bits per heavy atom. The normalized spacial score (nSPS) is 25.8. The average molecular weight is 183 g/mol. The summed E-state index contributed by atoms with van der Waals surface area (Å²) in [6.45, 7) is 0.537. The Kier molecular flexibility index (Phi) is 3.34. The number of nitrogens with one attached hydrogen (secondary N) is 1. The first-order chi connectivity index (χ1) is 5.58. The van der Waals surface area contributed by atoms with E-state index in [1.807, 2.05) is 0 Å². The van der Waals surface area contributed by atoms with Crippen molar-refractivity contribution in [2.75, 3.05) is 13.2 Å². The van der Waals surface area contributed by atoms with Gasteiger partial charge in [0.25, 0.3) is 0 Å². The molecule has 0 aliphatic carbocycles. The largest absolute Gasteiger partial charge is 0.522 e.